The zero-order valence-corrected chi connectivity index (χ0v) is 12.1. The summed E-state index contributed by atoms with van der Waals surface area (Å²) in [7, 11) is 0. The summed E-state index contributed by atoms with van der Waals surface area (Å²) in [4.78, 5) is 4.05. The molecule has 2 aromatic rings. The fourth-order valence-corrected chi connectivity index (χ4v) is 2.16. The number of nitrogens with zero attached hydrogens (tertiary/aromatic N) is 1. The first-order valence-corrected chi connectivity index (χ1v) is 6.92. The van der Waals surface area contributed by atoms with E-state index in [4.69, 9.17) is 11.6 Å². The van der Waals surface area contributed by atoms with Crippen molar-refractivity contribution in [3.63, 3.8) is 0 Å². The van der Waals surface area contributed by atoms with Crippen LogP contribution in [0.5, 0.6) is 0 Å². The monoisotopic (exact) mass is 274 g/mol. The van der Waals surface area contributed by atoms with Gasteiger partial charge in [-0.15, -0.1) is 0 Å². The third kappa shape index (κ3) is 4.34. The Bertz CT molecular complexity index is 524. The lowest BCUT2D eigenvalue weighted by molar-refractivity contribution is 0.587. The maximum Gasteiger partial charge on any atom is 0.0409 e. The van der Waals surface area contributed by atoms with Crippen molar-refractivity contribution in [2.75, 3.05) is 0 Å². The Morgan fingerprint density at radius 2 is 1.84 bits per heavy atom. The number of hydrogen-bond acceptors (Lipinski definition) is 2. The molecule has 0 atom stereocenters. The Balaban J connectivity index is 2.19. The van der Waals surface area contributed by atoms with E-state index in [9.17, 15) is 0 Å². The second-order valence-corrected chi connectivity index (χ2v) is 5.42. The lowest BCUT2D eigenvalue weighted by Gasteiger charge is -2.13. The number of benzene rings is 1. The number of hydrogen-bond donors (Lipinski definition) is 1. The first kappa shape index (κ1) is 14.0. The maximum atomic E-state index is 6.11. The summed E-state index contributed by atoms with van der Waals surface area (Å²) in [6.07, 6.45) is 4.54. The Kier molecular flexibility index (Phi) is 4.94. The highest BCUT2D eigenvalue weighted by Gasteiger charge is 2.05. The molecule has 3 heteroatoms. The molecule has 1 heterocycles. The molecule has 0 aliphatic heterocycles. The van der Waals surface area contributed by atoms with E-state index >= 15 is 0 Å². The SMILES string of the molecule is CC(C)NCc1ccc(Cl)cc1Cc1ccncc1. The highest BCUT2D eigenvalue weighted by atomic mass is 35.5. The van der Waals surface area contributed by atoms with Crippen LogP contribution in [0.1, 0.15) is 30.5 Å². The molecular formula is C16H19ClN2. The number of rotatable bonds is 5. The third-order valence-electron chi connectivity index (χ3n) is 3.01. The first-order chi connectivity index (χ1) is 9.15. The number of aromatic nitrogens is 1. The van der Waals surface area contributed by atoms with E-state index in [0.29, 0.717) is 6.04 Å². The van der Waals surface area contributed by atoms with Crippen molar-refractivity contribution in [3.8, 4) is 0 Å². The van der Waals surface area contributed by atoms with Gasteiger partial charge < -0.3 is 5.32 Å². The van der Waals surface area contributed by atoms with E-state index in [-0.39, 0.29) is 0 Å². The maximum absolute atomic E-state index is 6.11. The minimum atomic E-state index is 0.476. The molecule has 0 aliphatic carbocycles. The van der Waals surface area contributed by atoms with Crippen LogP contribution in [0.15, 0.2) is 42.7 Å². The largest absolute Gasteiger partial charge is 0.310 e. The van der Waals surface area contributed by atoms with E-state index in [0.717, 1.165) is 18.0 Å². The lowest BCUT2D eigenvalue weighted by Crippen LogP contribution is -2.22. The van der Waals surface area contributed by atoms with Crippen molar-refractivity contribution in [3.05, 3.63) is 64.4 Å². The molecule has 0 saturated carbocycles. The van der Waals surface area contributed by atoms with Crippen LogP contribution in [0.2, 0.25) is 5.02 Å². The molecule has 0 unspecified atom stereocenters. The van der Waals surface area contributed by atoms with E-state index in [1.807, 2.05) is 30.6 Å². The van der Waals surface area contributed by atoms with Gasteiger partial charge in [-0.1, -0.05) is 31.5 Å². The first-order valence-electron chi connectivity index (χ1n) is 6.55. The molecule has 0 fully saturated rings. The van der Waals surface area contributed by atoms with Crippen molar-refractivity contribution in [2.45, 2.75) is 32.9 Å². The van der Waals surface area contributed by atoms with Crippen molar-refractivity contribution in [1.29, 1.82) is 0 Å². The molecule has 0 spiro atoms. The Morgan fingerprint density at radius 1 is 1.11 bits per heavy atom. The molecule has 0 aliphatic rings. The van der Waals surface area contributed by atoms with E-state index in [2.05, 4.69) is 36.3 Å². The van der Waals surface area contributed by atoms with Gasteiger partial charge in [-0.2, -0.15) is 0 Å². The van der Waals surface area contributed by atoms with Gasteiger partial charge in [0, 0.05) is 30.0 Å². The van der Waals surface area contributed by atoms with E-state index in [1.54, 1.807) is 0 Å². The predicted octanol–water partition coefficient (Wildman–Crippen LogP) is 3.82. The molecule has 0 amide bonds. The van der Waals surface area contributed by atoms with Gasteiger partial charge in [0.25, 0.3) is 0 Å². The Morgan fingerprint density at radius 3 is 2.53 bits per heavy atom. The zero-order valence-electron chi connectivity index (χ0n) is 11.4. The van der Waals surface area contributed by atoms with Gasteiger partial charge in [0.05, 0.1) is 0 Å². The third-order valence-corrected chi connectivity index (χ3v) is 3.25. The quantitative estimate of drug-likeness (QED) is 0.896. The summed E-state index contributed by atoms with van der Waals surface area (Å²) in [5, 5.41) is 4.24. The molecule has 2 rings (SSSR count). The van der Waals surface area contributed by atoms with Crippen LogP contribution < -0.4 is 5.32 Å². The van der Waals surface area contributed by atoms with Gasteiger partial charge in [0.1, 0.15) is 0 Å². The molecule has 1 aromatic heterocycles. The second kappa shape index (κ2) is 6.69. The topological polar surface area (TPSA) is 24.9 Å². The van der Waals surface area contributed by atoms with E-state index < -0.39 is 0 Å². The molecule has 100 valence electrons. The van der Waals surface area contributed by atoms with Crippen molar-refractivity contribution in [2.24, 2.45) is 0 Å². The van der Waals surface area contributed by atoms with Crippen molar-refractivity contribution < 1.29 is 0 Å². The summed E-state index contributed by atoms with van der Waals surface area (Å²) in [5.74, 6) is 0. The molecule has 0 radical (unpaired) electrons. The molecular weight excluding hydrogens is 256 g/mol. The Hall–Kier alpha value is -1.38. The van der Waals surface area contributed by atoms with Crippen LogP contribution >= 0.6 is 11.6 Å². The Labute approximate surface area is 119 Å². The summed E-state index contributed by atoms with van der Waals surface area (Å²) in [5.41, 5.74) is 3.82. The van der Waals surface area contributed by atoms with E-state index in [1.165, 1.54) is 16.7 Å². The van der Waals surface area contributed by atoms with Crippen LogP contribution in [0, 0.1) is 0 Å². The fraction of sp³-hybridized carbons (Fsp3) is 0.312. The smallest absolute Gasteiger partial charge is 0.0409 e. The van der Waals surface area contributed by atoms with Crippen LogP contribution in [0.3, 0.4) is 0 Å². The van der Waals surface area contributed by atoms with Gasteiger partial charge in [-0.05, 0) is 47.4 Å². The summed E-state index contributed by atoms with van der Waals surface area (Å²) >= 11 is 6.11. The van der Waals surface area contributed by atoms with Gasteiger partial charge in [0.15, 0.2) is 0 Å². The average molecular weight is 275 g/mol. The normalized spacial score (nSPS) is 10.9. The second-order valence-electron chi connectivity index (χ2n) is 4.98. The molecule has 1 aromatic carbocycles. The van der Waals surface area contributed by atoms with Gasteiger partial charge >= 0.3 is 0 Å². The van der Waals surface area contributed by atoms with Crippen LogP contribution in [0.25, 0.3) is 0 Å². The summed E-state index contributed by atoms with van der Waals surface area (Å²) in [6.45, 7) is 5.17. The molecule has 0 saturated heterocycles. The zero-order chi connectivity index (χ0) is 13.7. The highest BCUT2D eigenvalue weighted by Crippen LogP contribution is 2.19. The standard InChI is InChI=1S/C16H19ClN2/c1-12(2)19-11-14-3-4-16(17)10-15(14)9-13-5-7-18-8-6-13/h3-8,10,12,19H,9,11H2,1-2H3. The number of halogens is 1. The van der Waals surface area contributed by atoms with Crippen LogP contribution in [0.4, 0.5) is 0 Å². The molecule has 1 N–H and O–H groups in total. The van der Waals surface area contributed by atoms with Crippen LogP contribution in [-0.4, -0.2) is 11.0 Å². The lowest BCUT2D eigenvalue weighted by atomic mass is 10.00. The molecule has 19 heavy (non-hydrogen) atoms. The van der Waals surface area contributed by atoms with Crippen LogP contribution in [-0.2, 0) is 13.0 Å². The average Bonchev–Trinajstić information content (AvgIpc) is 2.39. The minimum Gasteiger partial charge on any atom is -0.310 e. The molecule has 2 nitrogen and oxygen atoms in total. The summed E-state index contributed by atoms with van der Waals surface area (Å²) < 4.78 is 0. The highest BCUT2D eigenvalue weighted by molar-refractivity contribution is 6.30. The van der Waals surface area contributed by atoms with Crippen molar-refractivity contribution >= 4 is 11.6 Å². The van der Waals surface area contributed by atoms with Gasteiger partial charge in [-0.3, -0.25) is 4.98 Å². The van der Waals surface area contributed by atoms with Gasteiger partial charge in [-0.25, -0.2) is 0 Å². The predicted molar refractivity (Wildman–Crippen MR) is 80.5 cm³/mol. The van der Waals surface area contributed by atoms with Gasteiger partial charge in [0.2, 0.25) is 0 Å². The summed E-state index contributed by atoms with van der Waals surface area (Å²) in [6, 6.07) is 10.7. The minimum absolute atomic E-state index is 0.476. The molecule has 0 bridgehead atoms. The fourth-order valence-electron chi connectivity index (χ4n) is 1.97. The van der Waals surface area contributed by atoms with Crippen molar-refractivity contribution in [1.82, 2.24) is 10.3 Å². The number of pyridine rings is 1. The number of nitrogens with one attached hydrogen (secondary N) is 1.